The van der Waals surface area contributed by atoms with E-state index in [4.69, 9.17) is 0 Å². The van der Waals surface area contributed by atoms with Gasteiger partial charge in [0.2, 0.25) is 0 Å². The Hall–Kier alpha value is -1.36. The van der Waals surface area contributed by atoms with Crippen LogP contribution in [0.1, 0.15) is 52.5 Å². The molecule has 0 amide bonds. The van der Waals surface area contributed by atoms with E-state index in [0.29, 0.717) is 12.5 Å². The van der Waals surface area contributed by atoms with Crippen LogP contribution >= 0.6 is 0 Å². The summed E-state index contributed by atoms with van der Waals surface area (Å²) in [5.74, 6) is 2.06. The molecule has 0 aliphatic rings. The van der Waals surface area contributed by atoms with Gasteiger partial charge in [-0.25, -0.2) is 9.97 Å². The lowest BCUT2D eigenvalue weighted by molar-refractivity contribution is 0.114. The van der Waals surface area contributed by atoms with Gasteiger partial charge in [0.05, 0.1) is 6.10 Å². The van der Waals surface area contributed by atoms with Gasteiger partial charge in [0.25, 0.3) is 0 Å². The van der Waals surface area contributed by atoms with Crippen LogP contribution in [0.4, 0.5) is 11.6 Å². The average Bonchev–Trinajstić information content (AvgIpc) is 2.51. The van der Waals surface area contributed by atoms with Crippen LogP contribution in [0.2, 0.25) is 0 Å². The zero-order valence-electron chi connectivity index (χ0n) is 13.8. The van der Waals surface area contributed by atoms with Crippen molar-refractivity contribution in [3.05, 3.63) is 11.9 Å². The van der Waals surface area contributed by atoms with Crippen molar-refractivity contribution in [1.29, 1.82) is 0 Å². The fraction of sp³-hybridized carbons (Fsp3) is 0.750. The van der Waals surface area contributed by atoms with Gasteiger partial charge in [-0.05, 0) is 18.8 Å². The van der Waals surface area contributed by atoms with Crippen molar-refractivity contribution < 1.29 is 5.11 Å². The van der Waals surface area contributed by atoms with Gasteiger partial charge in [-0.2, -0.15) is 0 Å². The summed E-state index contributed by atoms with van der Waals surface area (Å²) in [5.41, 5.74) is 1.09. The molecule has 120 valence electrons. The summed E-state index contributed by atoms with van der Waals surface area (Å²) in [6.45, 7) is 9.89. The van der Waals surface area contributed by atoms with Crippen molar-refractivity contribution in [2.24, 2.45) is 5.92 Å². The lowest BCUT2D eigenvalue weighted by Gasteiger charge is -2.21. The predicted molar refractivity (Wildman–Crippen MR) is 88.8 cm³/mol. The molecule has 1 heterocycles. The van der Waals surface area contributed by atoms with Crippen molar-refractivity contribution in [1.82, 2.24) is 9.97 Å². The first-order chi connectivity index (χ1) is 10.2. The molecule has 5 nitrogen and oxygen atoms in total. The first kappa shape index (κ1) is 17.7. The minimum Gasteiger partial charge on any atom is -0.391 e. The lowest BCUT2D eigenvalue weighted by Crippen LogP contribution is -2.28. The molecule has 3 N–H and O–H groups in total. The standard InChI is InChI=1S/C16H30N4O/c1-5-9-17-15-13(8-4)16(20-11-19-15)18-10-14(21)12(6-2)7-3/h11-12,14,21H,5-10H2,1-4H3,(H2,17,18,19,20). The summed E-state index contributed by atoms with van der Waals surface area (Å²) in [6.07, 6.45) is 5.13. The zero-order valence-corrected chi connectivity index (χ0v) is 13.8. The maximum absolute atomic E-state index is 10.2. The Morgan fingerprint density at radius 3 is 2.19 bits per heavy atom. The largest absolute Gasteiger partial charge is 0.391 e. The first-order valence-corrected chi connectivity index (χ1v) is 8.17. The third-order valence-electron chi connectivity index (χ3n) is 3.91. The Morgan fingerprint density at radius 1 is 1.05 bits per heavy atom. The van der Waals surface area contributed by atoms with Crippen molar-refractivity contribution >= 4 is 11.6 Å². The van der Waals surface area contributed by atoms with Gasteiger partial charge < -0.3 is 15.7 Å². The molecule has 1 aromatic rings. The molecule has 0 bridgehead atoms. The highest BCUT2D eigenvalue weighted by Gasteiger charge is 2.16. The molecule has 5 heteroatoms. The van der Waals surface area contributed by atoms with Gasteiger partial charge >= 0.3 is 0 Å². The molecule has 1 rings (SSSR count). The van der Waals surface area contributed by atoms with Crippen LogP contribution in [0.15, 0.2) is 6.33 Å². The number of rotatable bonds is 10. The number of hydrogen-bond donors (Lipinski definition) is 3. The number of nitrogens with one attached hydrogen (secondary N) is 2. The van der Waals surface area contributed by atoms with Gasteiger partial charge in [-0.3, -0.25) is 0 Å². The SMILES string of the molecule is CCCNc1ncnc(NCC(O)C(CC)CC)c1CC. The molecule has 1 aromatic heterocycles. The second kappa shape index (κ2) is 9.55. The monoisotopic (exact) mass is 294 g/mol. The summed E-state index contributed by atoms with van der Waals surface area (Å²) >= 11 is 0. The van der Waals surface area contributed by atoms with E-state index in [1.54, 1.807) is 6.33 Å². The molecular weight excluding hydrogens is 264 g/mol. The molecule has 21 heavy (non-hydrogen) atoms. The van der Waals surface area contributed by atoms with Crippen LogP contribution in [0.25, 0.3) is 0 Å². The average molecular weight is 294 g/mol. The highest BCUT2D eigenvalue weighted by atomic mass is 16.3. The number of hydrogen-bond acceptors (Lipinski definition) is 5. The Kier molecular flexibility index (Phi) is 8.05. The molecule has 0 aliphatic heterocycles. The summed E-state index contributed by atoms with van der Waals surface area (Å²) in [5, 5.41) is 16.8. The Morgan fingerprint density at radius 2 is 1.67 bits per heavy atom. The molecule has 0 radical (unpaired) electrons. The maximum atomic E-state index is 10.2. The lowest BCUT2D eigenvalue weighted by atomic mass is 9.96. The fourth-order valence-electron chi connectivity index (χ4n) is 2.50. The van der Waals surface area contributed by atoms with E-state index >= 15 is 0 Å². The molecule has 1 unspecified atom stereocenters. The zero-order chi connectivity index (χ0) is 15.7. The predicted octanol–water partition coefficient (Wildman–Crippen LogP) is 3.07. The number of aliphatic hydroxyl groups is 1. The Labute approximate surface area is 128 Å². The van der Waals surface area contributed by atoms with Crippen molar-refractivity contribution in [2.45, 2.75) is 59.5 Å². The number of nitrogens with zero attached hydrogens (tertiary/aromatic N) is 2. The van der Waals surface area contributed by atoms with E-state index < -0.39 is 0 Å². The summed E-state index contributed by atoms with van der Waals surface area (Å²) < 4.78 is 0. The second-order valence-electron chi connectivity index (χ2n) is 5.35. The number of aromatic nitrogens is 2. The van der Waals surface area contributed by atoms with E-state index in [9.17, 15) is 5.11 Å². The number of aliphatic hydroxyl groups excluding tert-OH is 1. The highest BCUT2D eigenvalue weighted by Crippen LogP contribution is 2.21. The van der Waals surface area contributed by atoms with E-state index in [1.807, 2.05) is 0 Å². The fourth-order valence-corrected chi connectivity index (χ4v) is 2.50. The Balaban J connectivity index is 2.74. The van der Waals surface area contributed by atoms with Crippen LogP contribution in [0.3, 0.4) is 0 Å². The quantitative estimate of drug-likeness (QED) is 0.618. The first-order valence-electron chi connectivity index (χ1n) is 8.17. The van der Waals surface area contributed by atoms with Crippen LogP contribution in [0.5, 0.6) is 0 Å². The van der Waals surface area contributed by atoms with Crippen molar-refractivity contribution in [3.63, 3.8) is 0 Å². The number of anilines is 2. The summed E-state index contributed by atoms with van der Waals surface area (Å²) in [4.78, 5) is 8.65. The minimum atomic E-state index is -0.341. The normalized spacial score (nSPS) is 12.5. The van der Waals surface area contributed by atoms with E-state index in [2.05, 4.69) is 48.3 Å². The van der Waals surface area contributed by atoms with Crippen molar-refractivity contribution in [2.75, 3.05) is 23.7 Å². The topological polar surface area (TPSA) is 70.1 Å². The molecule has 0 fully saturated rings. The highest BCUT2D eigenvalue weighted by molar-refractivity contribution is 5.57. The van der Waals surface area contributed by atoms with Gasteiger partial charge in [-0.1, -0.05) is 40.5 Å². The third-order valence-corrected chi connectivity index (χ3v) is 3.91. The van der Waals surface area contributed by atoms with Gasteiger partial charge in [0.15, 0.2) is 0 Å². The Bertz CT molecular complexity index is 407. The third kappa shape index (κ3) is 5.16. The van der Waals surface area contributed by atoms with Crippen LogP contribution in [0, 0.1) is 5.92 Å². The van der Waals surface area contributed by atoms with E-state index in [0.717, 1.165) is 49.4 Å². The maximum Gasteiger partial charge on any atom is 0.134 e. The van der Waals surface area contributed by atoms with Crippen LogP contribution in [-0.4, -0.2) is 34.3 Å². The molecule has 0 aliphatic carbocycles. The molecule has 0 aromatic carbocycles. The van der Waals surface area contributed by atoms with E-state index in [-0.39, 0.29) is 6.10 Å². The van der Waals surface area contributed by atoms with Crippen LogP contribution < -0.4 is 10.6 Å². The summed E-state index contributed by atoms with van der Waals surface area (Å²) in [7, 11) is 0. The van der Waals surface area contributed by atoms with E-state index in [1.165, 1.54) is 0 Å². The molecule has 0 saturated heterocycles. The van der Waals surface area contributed by atoms with Crippen molar-refractivity contribution in [3.8, 4) is 0 Å². The van der Waals surface area contributed by atoms with Crippen LogP contribution in [-0.2, 0) is 6.42 Å². The molecular formula is C16H30N4O. The van der Waals surface area contributed by atoms with Gasteiger partial charge in [-0.15, -0.1) is 0 Å². The smallest absolute Gasteiger partial charge is 0.134 e. The molecule has 1 atom stereocenters. The van der Waals surface area contributed by atoms with Gasteiger partial charge in [0, 0.05) is 18.7 Å². The minimum absolute atomic E-state index is 0.335. The molecule has 0 spiro atoms. The second-order valence-corrected chi connectivity index (χ2v) is 5.35. The summed E-state index contributed by atoms with van der Waals surface area (Å²) in [6, 6.07) is 0. The van der Waals surface area contributed by atoms with Gasteiger partial charge in [0.1, 0.15) is 18.0 Å². The molecule has 0 saturated carbocycles.